The van der Waals surface area contributed by atoms with Crippen molar-refractivity contribution in [1.82, 2.24) is 30.1 Å². The average molecular weight is 397 g/mol. The number of benzene rings is 1. The van der Waals surface area contributed by atoms with E-state index in [-0.39, 0.29) is 0 Å². The summed E-state index contributed by atoms with van der Waals surface area (Å²) < 4.78 is 5.21. The number of anilines is 3. The van der Waals surface area contributed by atoms with Crippen molar-refractivity contribution in [1.29, 1.82) is 0 Å². The Morgan fingerprint density at radius 1 is 1.18 bits per heavy atom. The maximum Gasteiger partial charge on any atom is 0.224 e. The summed E-state index contributed by atoms with van der Waals surface area (Å²) >= 11 is 6.44. The van der Waals surface area contributed by atoms with Gasteiger partial charge in [-0.1, -0.05) is 17.7 Å². The molecule has 0 unspecified atom stereocenters. The maximum atomic E-state index is 6.44. The molecular weight excluding hydrogens is 380 g/mol. The molecule has 0 aliphatic carbocycles. The molecule has 0 amide bonds. The molecule has 0 saturated carbocycles. The zero-order valence-electron chi connectivity index (χ0n) is 14.7. The molecule has 4 aromatic rings. The van der Waals surface area contributed by atoms with Crippen molar-refractivity contribution < 1.29 is 4.74 Å². The van der Waals surface area contributed by atoms with E-state index in [4.69, 9.17) is 16.3 Å². The van der Waals surface area contributed by atoms with Gasteiger partial charge in [0.25, 0.3) is 0 Å². The molecule has 10 heteroatoms. The Balaban J connectivity index is 1.27. The van der Waals surface area contributed by atoms with Gasteiger partial charge >= 0.3 is 0 Å². The van der Waals surface area contributed by atoms with Gasteiger partial charge in [-0.05, 0) is 17.7 Å². The summed E-state index contributed by atoms with van der Waals surface area (Å²) in [5.41, 5.74) is 3.64. The molecule has 3 aromatic heterocycles. The Morgan fingerprint density at radius 2 is 2.11 bits per heavy atom. The van der Waals surface area contributed by atoms with Crippen LogP contribution in [0.5, 0.6) is 0 Å². The highest BCUT2D eigenvalue weighted by atomic mass is 35.5. The summed E-state index contributed by atoms with van der Waals surface area (Å²) in [5.74, 6) is 2.24. The molecular formula is C18H17ClN8O. The quantitative estimate of drug-likeness (QED) is 0.395. The smallest absolute Gasteiger partial charge is 0.224 e. The summed E-state index contributed by atoms with van der Waals surface area (Å²) in [4.78, 5) is 16.0. The zero-order chi connectivity index (χ0) is 18.9. The summed E-state index contributed by atoms with van der Waals surface area (Å²) in [6.07, 6.45) is 3.31. The fourth-order valence-corrected chi connectivity index (χ4v) is 3.28. The van der Waals surface area contributed by atoms with Gasteiger partial charge in [0.2, 0.25) is 5.95 Å². The Kier molecular flexibility index (Phi) is 4.30. The zero-order valence-corrected chi connectivity index (χ0v) is 15.5. The highest BCUT2D eigenvalue weighted by Crippen LogP contribution is 2.26. The lowest BCUT2D eigenvalue weighted by atomic mass is 10.0. The van der Waals surface area contributed by atoms with Crippen LogP contribution >= 0.6 is 11.6 Å². The van der Waals surface area contributed by atoms with E-state index in [0.717, 1.165) is 35.5 Å². The number of aromatic amines is 2. The van der Waals surface area contributed by atoms with Crippen LogP contribution in [0.1, 0.15) is 17.2 Å². The second-order valence-electron chi connectivity index (χ2n) is 6.52. The molecule has 1 aliphatic rings. The van der Waals surface area contributed by atoms with Crippen LogP contribution in [0.15, 0.2) is 36.8 Å². The van der Waals surface area contributed by atoms with Crippen LogP contribution in [-0.4, -0.2) is 43.3 Å². The summed E-state index contributed by atoms with van der Waals surface area (Å²) in [7, 11) is 0. The molecule has 4 N–H and O–H groups in total. The van der Waals surface area contributed by atoms with E-state index >= 15 is 0 Å². The highest BCUT2D eigenvalue weighted by Gasteiger charge is 2.22. The van der Waals surface area contributed by atoms with Crippen molar-refractivity contribution in [3.63, 3.8) is 0 Å². The summed E-state index contributed by atoms with van der Waals surface area (Å²) in [5, 5.41) is 14.3. The first-order chi connectivity index (χ1) is 13.8. The number of ether oxygens (including phenoxy) is 1. The molecule has 0 spiro atoms. The Hall–Kier alpha value is -3.17. The second kappa shape index (κ2) is 7.10. The Morgan fingerprint density at radius 3 is 2.96 bits per heavy atom. The number of fused-ring (bicyclic) bond motifs is 1. The van der Waals surface area contributed by atoms with Crippen LogP contribution in [-0.2, 0) is 11.3 Å². The molecule has 0 atom stereocenters. The molecule has 1 aliphatic heterocycles. The van der Waals surface area contributed by atoms with Gasteiger partial charge < -0.3 is 20.4 Å². The third kappa shape index (κ3) is 3.25. The van der Waals surface area contributed by atoms with E-state index in [1.54, 1.807) is 18.6 Å². The summed E-state index contributed by atoms with van der Waals surface area (Å²) in [6, 6.07) is 7.66. The van der Waals surface area contributed by atoms with Gasteiger partial charge in [-0.3, -0.25) is 5.10 Å². The monoisotopic (exact) mass is 396 g/mol. The van der Waals surface area contributed by atoms with E-state index < -0.39 is 0 Å². The van der Waals surface area contributed by atoms with E-state index in [1.807, 2.05) is 18.2 Å². The van der Waals surface area contributed by atoms with E-state index in [0.29, 0.717) is 35.1 Å². The molecule has 9 nitrogen and oxygen atoms in total. The number of halogens is 1. The highest BCUT2D eigenvalue weighted by molar-refractivity contribution is 6.35. The molecule has 1 fully saturated rings. The number of nitrogens with zero attached hydrogens (tertiary/aromatic N) is 4. The lowest BCUT2D eigenvalue weighted by Gasteiger charge is -2.24. The van der Waals surface area contributed by atoms with Crippen LogP contribution < -0.4 is 10.6 Å². The predicted octanol–water partition coefficient (Wildman–Crippen LogP) is 3.20. The van der Waals surface area contributed by atoms with Crippen LogP contribution in [0.25, 0.3) is 11.0 Å². The number of imidazole rings is 1. The van der Waals surface area contributed by atoms with Gasteiger partial charge in [-0.25, -0.2) is 9.97 Å². The van der Waals surface area contributed by atoms with Gasteiger partial charge in [-0.15, -0.1) is 0 Å². The number of hydrogen-bond donors (Lipinski definition) is 4. The Labute approximate surface area is 164 Å². The van der Waals surface area contributed by atoms with Gasteiger partial charge in [0.15, 0.2) is 5.82 Å². The number of rotatable bonds is 6. The van der Waals surface area contributed by atoms with Gasteiger partial charge in [0.05, 0.1) is 30.1 Å². The minimum Gasteiger partial charge on any atom is -0.380 e. The van der Waals surface area contributed by atoms with Crippen LogP contribution in [0.4, 0.5) is 17.6 Å². The second-order valence-corrected chi connectivity index (χ2v) is 6.90. The minimum atomic E-state index is 0.391. The Bertz CT molecular complexity index is 1120. The van der Waals surface area contributed by atoms with Crippen LogP contribution in [0, 0.1) is 0 Å². The minimum absolute atomic E-state index is 0.391. The van der Waals surface area contributed by atoms with Crippen molar-refractivity contribution in [3.05, 3.63) is 53.1 Å². The number of aromatic nitrogens is 6. The van der Waals surface area contributed by atoms with E-state index in [1.165, 1.54) is 0 Å². The molecule has 1 saturated heterocycles. The predicted molar refractivity (Wildman–Crippen MR) is 106 cm³/mol. The maximum absolute atomic E-state index is 6.44. The topological polar surface area (TPSA) is 116 Å². The van der Waals surface area contributed by atoms with E-state index in [2.05, 4.69) is 40.8 Å². The molecule has 4 heterocycles. The summed E-state index contributed by atoms with van der Waals surface area (Å²) in [6.45, 7) is 1.95. The lowest BCUT2D eigenvalue weighted by molar-refractivity contribution is 0.00670. The van der Waals surface area contributed by atoms with Gasteiger partial charge in [0, 0.05) is 30.4 Å². The molecule has 28 heavy (non-hydrogen) atoms. The first-order valence-electron chi connectivity index (χ1n) is 8.84. The van der Waals surface area contributed by atoms with E-state index in [9.17, 15) is 0 Å². The van der Waals surface area contributed by atoms with Crippen molar-refractivity contribution in [3.8, 4) is 0 Å². The molecule has 5 rings (SSSR count). The molecule has 142 valence electrons. The number of nitrogens with one attached hydrogen (secondary N) is 4. The van der Waals surface area contributed by atoms with Crippen molar-refractivity contribution in [2.45, 2.75) is 12.5 Å². The number of hydrogen-bond acceptors (Lipinski definition) is 7. The van der Waals surface area contributed by atoms with Crippen LogP contribution in [0.2, 0.25) is 5.02 Å². The lowest BCUT2D eigenvalue weighted by Crippen LogP contribution is -2.25. The average Bonchev–Trinajstić information content (AvgIpc) is 3.30. The van der Waals surface area contributed by atoms with Crippen molar-refractivity contribution in [2.75, 3.05) is 23.8 Å². The third-order valence-corrected chi connectivity index (χ3v) is 5.06. The SMILES string of the molecule is Clc1c(CNc2nccc(Nc3cc(C4COC4)[nH]n3)n2)ccc2[nH]cnc12. The number of H-pyrrole nitrogens is 2. The van der Waals surface area contributed by atoms with Gasteiger partial charge in [-0.2, -0.15) is 10.1 Å². The molecule has 1 aromatic carbocycles. The molecule has 0 bridgehead atoms. The van der Waals surface area contributed by atoms with Crippen LogP contribution in [0.3, 0.4) is 0 Å². The normalized spacial score (nSPS) is 14.2. The van der Waals surface area contributed by atoms with Crippen molar-refractivity contribution in [2.24, 2.45) is 0 Å². The van der Waals surface area contributed by atoms with Gasteiger partial charge in [0.1, 0.15) is 11.3 Å². The third-order valence-electron chi connectivity index (χ3n) is 4.63. The molecule has 0 radical (unpaired) electrons. The first-order valence-corrected chi connectivity index (χ1v) is 9.21. The van der Waals surface area contributed by atoms with Crippen molar-refractivity contribution >= 4 is 40.2 Å². The first kappa shape index (κ1) is 17.0. The fraction of sp³-hybridized carbons (Fsp3) is 0.222. The fourth-order valence-electron chi connectivity index (χ4n) is 3.00. The largest absolute Gasteiger partial charge is 0.380 e. The standard InChI is InChI=1S/C18H17ClN8O/c19-16-10(1-2-12-17(16)23-9-22-12)6-21-18-20-4-3-14(25-18)24-15-5-13(26-27-15)11-7-28-8-11/h1-5,9,11H,6-8H2,(H,22,23)(H3,20,21,24,25,26,27).